The first-order valence-electron chi connectivity index (χ1n) is 4.54. The summed E-state index contributed by atoms with van der Waals surface area (Å²) in [6.07, 6.45) is 6.99. The zero-order valence-electron chi connectivity index (χ0n) is 7.59. The topological polar surface area (TPSA) is 4.93 Å². The van der Waals surface area contributed by atoms with Gasteiger partial charge in [-0.05, 0) is 28.4 Å². The summed E-state index contributed by atoms with van der Waals surface area (Å²) in [6.45, 7) is 3.37. The van der Waals surface area contributed by atoms with Crippen molar-refractivity contribution in [1.29, 1.82) is 0 Å². The highest BCUT2D eigenvalue weighted by molar-refractivity contribution is 9.11. The first-order chi connectivity index (χ1) is 6.29. The van der Waals surface area contributed by atoms with Crippen LogP contribution in [-0.4, -0.2) is 4.57 Å². The number of hydrogen-bond acceptors (Lipinski definition) is 1. The molecule has 0 saturated heterocycles. The van der Waals surface area contributed by atoms with Gasteiger partial charge in [-0.1, -0.05) is 13.3 Å². The molecule has 13 heavy (non-hydrogen) atoms. The number of nitrogens with zero attached hydrogens (tertiary/aromatic N) is 1. The Bertz CT molecular complexity index is 370. The van der Waals surface area contributed by atoms with E-state index >= 15 is 0 Å². The van der Waals surface area contributed by atoms with Crippen molar-refractivity contribution in [1.82, 2.24) is 4.57 Å². The monoisotopic (exact) mass is 257 g/mol. The molecule has 0 aliphatic heterocycles. The van der Waals surface area contributed by atoms with Crippen molar-refractivity contribution in [3.63, 3.8) is 0 Å². The Morgan fingerprint density at radius 3 is 3.00 bits per heavy atom. The number of halogens is 1. The average Bonchev–Trinajstić information content (AvgIpc) is 2.57. The summed E-state index contributed by atoms with van der Waals surface area (Å²) in [6, 6.07) is 2.18. The largest absolute Gasteiger partial charge is 0.352 e. The van der Waals surface area contributed by atoms with Crippen molar-refractivity contribution >= 4 is 37.4 Å². The number of aromatic nitrogens is 1. The molecule has 0 radical (unpaired) electrons. The highest BCUT2D eigenvalue weighted by Gasteiger charge is 2.01. The lowest BCUT2D eigenvalue weighted by Gasteiger charge is -1.98. The van der Waals surface area contributed by atoms with Crippen LogP contribution in [0.25, 0.3) is 10.1 Å². The van der Waals surface area contributed by atoms with Crippen LogP contribution in [0.5, 0.6) is 0 Å². The predicted molar refractivity (Wildman–Crippen MR) is 62.4 cm³/mol. The lowest BCUT2D eigenvalue weighted by atomic mass is 10.3. The van der Waals surface area contributed by atoms with Crippen LogP contribution in [-0.2, 0) is 6.54 Å². The molecular formula is C10H12BrNS. The second kappa shape index (κ2) is 3.84. The van der Waals surface area contributed by atoms with Crippen LogP contribution in [0, 0.1) is 0 Å². The second-order valence-corrected chi connectivity index (χ2v) is 5.68. The molecule has 2 aromatic heterocycles. The van der Waals surface area contributed by atoms with E-state index < -0.39 is 0 Å². The van der Waals surface area contributed by atoms with Gasteiger partial charge in [-0.25, -0.2) is 0 Å². The number of unbranched alkanes of at least 4 members (excludes halogenated alkanes) is 1. The Balaban J connectivity index is 2.24. The molecule has 0 unspecified atom stereocenters. The Labute approximate surface area is 90.5 Å². The van der Waals surface area contributed by atoms with Crippen LogP contribution in [0.3, 0.4) is 0 Å². The van der Waals surface area contributed by atoms with E-state index in [4.69, 9.17) is 0 Å². The summed E-state index contributed by atoms with van der Waals surface area (Å²) < 4.78 is 4.89. The maximum Gasteiger partial charge on any atom is 0.0712 e. The van der Waals surface area contributed by atoms with E-state index in [1.165, 1.54) is 26.7 Å². The van der Waals surface area contributed by atoms with Crippen LogP contribution in [0.4, 0.5) is 0 Å². The smallest absolute Gasteiger partial charge is 0.0712 e. The SMILES string of the molecule is CCCCn1cc2cc(Br)sc2c1. The third-order valence-corrected chi connectivity index (χ3v) is 3.71. The van der Waals surface area contributed by atoms with Crippen molar-refractivity contribution < 1.29 is 0 Å². The molecule has 2 heterocycles. The molecule has 2 aromatic rings. The van der Waals surface area contributed by atoms with E-state index in [1.54, 1.807) is 11.3 Å². The third-order valence-electron chi connectivity index (χ3n) is 2.12. The average molecular weight is 258 g/mol. The maximum atomic E-state index is 3.49. The zero-order valence-corrected chi connectivity index (χ0v) is 9.99. The van der Waals surface area contributed by atoms with E-state index in [0.717, 1.165) is 6.54 Å². The van der Waals surface area contributed by atoms with Gasteiger partial charge in [-0.2, -0.15) is 0 Å². The lowest BCUT2D eigenvalue weighted by Crippen LogP contribution is -1.92. The zero-order chi connectivity index (χ0) is 9.26. The molecular weight excluding hydrogens is 246 g/mol. The molecule has 0 spiro atoms. The second-order valence-electron chi connectivity index (χ2n) is 3.22. The predicted octanol–water partition coefficient (Wildman–Crippen LogP) is 4.27. The van der Waals surface area contributed by atoms with Crippen LogP contribution >= 0.6 is 27.3 Å². The van der Waals surface area contributed by atoms with Crippen molar-refractivity contribution in [3.8, 4) is 0 Å². The number of aryl methyl sites for hydroxylation is 1. The van der Waals surface area contributed by atoms with Gasteiger partial charge >= 0.3 is 0 Å². The lowest BCUT2D eigenvalue weighted by molar-refractivity contribution is 0.637. The first kappa shape index (κ1) is 9.28. The molecule has 0 bridgehead atoms. The Kier molecular flexibility index (Phi) is 2.74. The van der Waals surface area contributed by atoms with E-state index in [2.05, 4.69) is 45.9 Å². The molecule has 0 atom stereocenters. The molecule has 0 saturated carbocycles. The fraction of sp³-hybridized carbons (Fsp3) is 0.400. The summed E-state index contributed by atoms with van der Waals surface area (Å²) in [7, 11) is 0. The van der Waals surface area contributed by atoms with Crippen molar-refractivity contribution in [2.24, 2.45) is 0 Å². The van der Waals surface area contributed by atoms with Gasteiger partial charge in [0.05, 0.1) is 8.49 Å². The summed E-state index contributed by atoms with van der Waals surface area (Å²) >= 11 is 5.29. The molecule has 0 aromatic carbocycles. The van der Waals surface area contributed by atoms with Gasteiger partial charge in [0, 0.05) is 24.3 Å². The van der Waals surface area contributed by atoms with E-state index in [0.29, 0.717) is 0 Å². The molecule has 70 valence electrons. The summed E-state index contributed by atoms with van der Waals surface area (Å²) in [5.41, 5.74) is 0. The number of thiophene rings is 1. The van der Waals surface area contributed by atoms with Crippen LogP contribution in [0.15, 0.2) is 22.2 Å². The van der Waals surface area contributed by atoms with Crippen molar-refractivity contribution in [2.75, 3.05) is 0 Å². The minimum Gasteiger partial charge on any atom is -0.352 e. The molecule has 0 N–H and O–H groups in total. The number of hydrogen-bond donors (Lipinski definition) is 0. The summed E-state index contributed by atoms with van der Waals surface area (Å²) in [5, 5.41) is 1.35. The highest BCUT2D eigenvalue weighted by Crippen LogP contribution is 2.30. The molecule has 3 heteroatoms. The number of rotatable bonds is 3. The molecule has 2 rings (SSSR count). The molecule has 0 amide bonds. The molecule has 0 aliphatic carbocycles. The van der Waals surface area contributed by atoms with Crippen LogP contribution < -0.4 is 0 Å². The molecule has 0 aliphatic rings. The Morgan fingerprint density at radius 2 is 2.31 bits per heavy atom. The first-order valence-corrected chi connectivity index (χ1v) is 6.15. The Hall–Kier alpha value is -0.280. The van der Waals surface area contributed by atoms with Gasteiger partial charge in [0.2, 0.25) is 0 Å². The summed E-state index contributed by atoms with van der Waals surface area (Å²) in [4.78, 5) is 0. The van der Waals surface area contributed by atoms with E-state index in [-0.39, 0.29) is 0 Å². The fourth-order valence-corrected chi connectivity index (χ4v) is 3.01. The van der Waals surface area contributed by atoms with Gasteiger partial charge in [-0.15, -0.1) is 11.3 Å². The number of fused-ring (bicyclic) bond motifs is 1. The Morgan fingerprint density at radius 1 is 1.46 bits per heavy atom. The van der Waals surface area contributed by atoms with Gasteiger partial charge < -0.3 is 4.57 Å². The molecule has 0 fully saturated rings. The van der Waals surface area contributed by atoms with Gasteiger partial charge in [0.15, 0.2) is 0 Å². The van der Waals surface area contributed by atoms with Crippen LogP contribution in [0.2, 0.25) is 0 Å². The quantitative estimate of drug-likeness (QED) is 0.775. The minimum absolute atomic E-state index is 1.15. The van der Waals surface area contributed by atoms with Gasteiger partial charge in [-0.3, -0.25) is 0 Å². The fourth-order valence-electron chi connectivity index (χ4n) is 1.42. The normalized spacial score (nSPS) is 11.2. The summed E-state index contributed by atoms with van der Waals surface area (Å²) in [5.74, 6) is 0. The van der Waals surface area contributed by atoms with Crippen molar-refractivity contribution in [3.05, 3.63) is 22.2 Å². The molecule has 1 nitrogen and oxygen atoms in total. The third kappa shape index (κ3) is 1.97. The van der Waals surface area contributed by atoms with E-state index in [9.17, 15) is 0 Å². The van der Waals surface area contributed by atoms with Gasteiger partial charge in [0.25, 0.3) is 0 Å². The van der Waals surface area contributed by atoms with Crippen molar-refractivity contribution in [2.45, 2.75) is 26.3 Å². The van der Waals surface area contributed by atoms with Crippen LogP contribution in [0.1, 0.15) is 19.8 Å². The highest BCUT2D eigenvalue weighted by atomic mass is 79.9. The standard InChI is InChI=1S/C10H12BrNS/c1-2-3-4-12-6-8-5-10(11)13-9(8)7-12/h5-7H,2-4H2,1H3. The maximum absolute atomic E-state index is 3.49. The van der Waals surface area contributed by atoms with E-state index in [1.807, 2.05) is 0 Å². The van der Waals surface area contributed by atoms with Gasteiger partial charge in [0.1, 0.15) is 0 Å². The minimum atomic E-state index is 1.15.